The highest BCUT2D eigenvalue weighted by atomic mass is 35.5. The Hall–Kier alpha value is -2.11. The van der Waals surface area contributed by atoms with Gasteiger partial charge in [-0.2, -0.15) is 0 Å². The second-order valence-corrected chi connectivity index (χ2v) is 9.24. The van der Waals surface area contributed by atoms with Crippen LogP contribution in [0.2, 0.25) is 5.02 Å². The zero-order chi connectivity index (χ0) is 20.7. The highest BCUT2D eigenvalue weighted by Gasteiger charge is 2.66. The second kappa shape index (κ2) is 7.86. The molecule has 0 radical (unpaired) electrons. The van der Waals surface area contributed by atoms with Crippen molar-refractivity contribution in [3.05, 3.63) is 58.7 Å². The van der Waals surface area contributed by atoms with E-state index in [0.717, 1.165) is 24.8 Å². The summed E-state index contributed by atoms with van der Waals surface area (Å²) in [4.78, 5) is 28.1. The molecule has 3 heterocycles. The third-order valence-corrected chi connectivity index (χ3v) is 7.30. The van der Waals surface area contributed by atoms with Crippen LogP contribution in [0.4, 0.5) is 0 Å². The van der Waals surface area contributed by atoms with Crippen molar-refractivity contribution >= 4 is 23.4 Å². The average Bonchev–Trinajstić information content (AvgIpc) is 3.39. The van der Waals surface area contributed by atoms with Crippen LogP contribution in [0.3, 0.4) is 0 Å². The Kier molecular flexibility index (Phi) is 5.19. The second-order valence-electron chi connectivity index (χ2n) is 8.83. The van der Waals surface area contributed by atoms with Crippen LogP contribution in [-0.4, -0.2) is 41.5 Å². The van der Waals surface area contributed by atoms with Crippen LogP contribution in [0, 0.1) is 11.8 Å². The summed E-state index contributed by atoms with van der Waals surface area (Å²) in [5, 5.41) is 3.72. The molecule has 1 aromatic rings. The molecule has 4 atom stereocenters. The SMILES string of the molecule is O=C(NCCC1=CCCCC1)C1C2C=CC3(CN(Cc4ccccc4Cl)C(=O)C13)O2. The van der Waals surface area contributed by atoms with Gasteiger partial charge in [0.25, 0.3) is 0 Å². The lowest BCUT2D eigenvalue weighted by Gasteiger charge is -2.23. The van der Waals surface area contributed by atoms with E-state index >= 15 is 0 Å². The minimum Gasteiger partial charge on any atom is -0.360 e. The maximum absolute atomic E-state index is 13.3. The van der Waals surface area contributed by atoms with Gasteiger partial charge >= 0.3 is 0 Å². The molecule has 2 amide bonds. The molecular weight excluding hydrogens is 400 g/mol. The largest absolute Gasteiger partial charge is 0.360 e. The topological polar surface area (TPSA) is 58.6 Å². The van der Waals surface area contributed by atoms with Crippen LogP contribution in [0.25, 0.3) is 0 Å². The van der Waals surface area contributed by atoms with E-state index < -0.39 is 17.4 Å². The monoisotopic (exact) mass is 426 g/mol. The number of carbonyl (C=O) groups is 2. The van der Waals surface area contributed by atoms with Gasteiger partial charge in [-0.15, -0.1) is 0 Å². The van der Waals surface area contributed by atoms with Gasteiger partial charge < -0.3 is 15.0 Å². The van der Waals surface area contributed by atoms with Gasteiger partial charge in [0.05, 0.1) is 24.5 Å². The summed E-state index contributed by atoms with van der Waals surface area (Å²) in [6.07, 6.45) is 11.6. The first-order chi connectivity index (χ1) is 14.6. The summed E-state index contributed by atoms with van der Waals surface area (Å²) in [6.45, 7) is 1.52. The number of fused-ring (bicyclic) bond motifs is 1. The molecular formula is C24H27ClN2O3. The molecule has 1 N–H and O–H groups in total. The number of allylic oxidation sites excluding steroid dienone is 1. The summed E-state index contributed by atoms with van der Waals surface area (Å²) in [6, 6.07) is 7.55. The number of hydrogen-bond donors (Lipinski definition) is 1. The number of nitrogens with zero attached hydrogens (tertiary/aromatic N) is 1. The first kappa shape index (κ1) is 19.8. The number of carbonyl (C=O) groups excluding carboxylic acids is 2. The number of likely N-dealkylation sites (tertiary alicyclic amines) is 1. The average molecular weight is 427 g/mol. The number of benzene rings is 1. The van der Waals surface area contributed by atoms with E-state index in [9.17, 15) is 9.59 Å². The van der Waals surface area contributed by atoms with Gasteiger partial charge in [-0.25, -0.2) is 0 Å². The van der Waals surface area contributed by atoms with Gasteiger partial charge in [0.1, 0.15) is 5.60 Å². The molecule has 1 aromatic carbocycles. The molecule has 4 aliphatic rings. The van der Waals surface area contributed by atoms with Crippen LogP contribution < -0.4 is 5.32 Å². The van der Waals surface area contributed by atoms with Crippen molar-refractivity contribution in [2.75, 3.05) is 13.1 Å². The summed E-state index contributed by atoms with van der Waals surface area (Å²) in [5.74, 6) is -1.000. The molecule has 158 valence electrons. The third kappa shape index (κ3) is 3.38. The number of amides is 2. The smallest absolute Gasteiger partial charge is 0.230 e. The van der Waals surface area contributed by atoms with Crippen molar-refractivity contribution in [2.24, 2.45) is 11.8 Å². The minimum atomic E-state index is -0.684. The van der Waals surface area contributed by atoms with Crippen molar-refractivity contribution in [1.82, 2.24) is 10.2 Å². The minimum absolute atomic E-state index is 0.0168. The lowest BCUT2D eigenvalue weighted by atomic mass is 9.77. The fraction of sp³-hybridized carbons (Fsp3) is 0.500. The lowest BCUT2D eigenvalue weighted by Crippen LogP contribution is -2.44. The molecule has 4 unspecified atom stereocenters. The van der Waals surface area contributed by atoms with E-state index in [1.54, 1.807) is 4.90 Å². The Bertz CT molecular complexity index is 927. The predicted molar refractivity (Wildman–Crippen MR) is 115 cm³/mol. The van der Waals surface area contributed by atoms with E-state index in [4.69, 9.17) is 16.3 Å². The molecule has 2 saturated heterocycles. The summed E-state index contributed by atoms with van der Waals surface area (Å²) >= 11 is 6.30. The number of halogens is 1. The molecule has 0 aromatic heterocycles. The maximum atomic E-state index is 13.3. The summed E-state index contributed by atoms with van der Waals surface area (Å²) < 4.78 is 6.20. The van der Waals surface area contributed by atoms with E-state index in [2.05, 4.69) is 11.4 Å². The Morgan fingerprint density at radius 3 is 2.97 bits per heavy atom. The molecule has 5 nitrogen and oxygen atoms in total. The fourth-order valence-electron chi connectivity index (χ4n) is 5.44. The van der Waals surface area contributed by atoms with Gasteiger partial charge in [0.2, 0.25) is 11.8 Å². The standard InChI is InChI=1S/C24H27ClN2O3/c25-18-9-5-4-8-17(18)14-27-15-24-12-10-19(30-24)20(21(24)23(27)29)22(28)26-13-11-16-6-2-1-3-7-16/h4-6,8-10,12,19-21H,1-3,7,11,13-15H2,(H,26,28). The molecule has 2 fully saturated rings. The number of hydrogen-bond acceptors (Lipinski definition) is 3. The fourth-order valence-corrected chi connectivity index (χ4v) is 5.64. The number of rotatable bonds is 6. The molecule has 1 aliphatic carbocycles. The van der Waals surface area contributed by atoms with Gasteiger partial charge in [-0.3, -0.25) is 9.59 Å². The Balaban J connectivity index is 1.27. The van der Waals surface area contributed by atoms with Gasteiger partial charge in [-0.1, -0.05) is 53.6 Å². The predicted octanol–water partition coefficient (Wildman–Crippen LogP) is 3.63. The highest BCUT2D eigenvalue weighted by Crippen LogP contribution is 2.52. The van der Waals surface area contributed by atoms with Crippen LogP contribution in [0.15, 0.2) is 48.1 Å². The molecule has 6 heteroatoms. The zero-order valence-electron chi connectivity index (χ0n) is 17.0. The van der Waals surface area contributed by atoms with E-state index in [1.165, 1.54) is 18.4 Å². The number of ether oxygens (including phenoxy) is 1. The Morgan fingerprint density at radius 2 is 2.17 bits per heavy atom. The van der Waals surface area contributed by atoms with E-state index in [1.807, 2.05) is 36.4 Å². The molecule has 2 bridgehead atoms. The normalized spacial score (nSPS) is 31.8. The van der Waals surface area contributed by atoms with Gasteiger partial charge in [0, 0.05) is 18.1 Å². The molecule has 1 spiro atoms. The lowest BCUT2D eigenvalue weighted by molar-refractivity contribution is -0.137. The van der Waals surface area contributed by atoms with Crippen LogP contribution in [0.1, 0.15) is 37.7 Å². The first-order valence-corrected chi connectivity index (χ1v) is 11.3. The van der Waals surface area contributed by atoms with E-state index in [-0.39, 0.29) is 17.9 Å². The third-order valence-electron chi connectivity index (χ3n) is 6.93. The van der Waals surface area contributed by atoms with Gasteiger partial charge in [-0.05, 0) is 43.7 Å². The van der Waals surface area contributed by atoms with Crippen molar-refractivity contribution in [3.8, 4) is 0 Å². The summed E-state index contributed by atoms with van der Waals surface area (Å²) in [5.41, 5.74) is 1.66. The number of nitrogens with one attached hydrogen (secondary N) is 1. The van der Waals surface area contributed by atoms with Crippen molar-refractivity contribution in [2.45, 2.75) is 50.4 Å². The summed E-state index contributed by atoms with van der Waals surface area (Å²) in [7, 11) is 0. The van der Waals surface area contributed by atoms with Crippen molar-refractivity contribution in [1.29, 1.82) is 0 Å². The Labute approximate surface area is 182 Å². The van der Waals surface area contributed by atoms with Crippen LogP contribution in [0.5, 0.6) is 0 Å². The molecule has 3 aliphatic heterocycles. The molecule has 5 rings (SSSR count). The maximum Gasteiger partial charge on any atom is 0.230 e. The van der Waals surface area contributed by atoms with E-state index in [0.29, 0.717) is 24.7 Å². The first-order valence-electron chi connectivity index (χ1n) is 10.9. The van der Waals surface area contributed by atoms with Crippen LogP contribution >= 0.6 is 11.6 Å². The van der Waals surface area contributed by atoms with Crippen molar-refractivity contribution < 1.29 is 14.3 Å². The molecule has 30 heavy (non-hydrogen) atoms. The Morgan fingerprint density at radius 1 is 1.30 bits per heavy atom. The highest BCUT2D eigenvalue weighted by molar-refractivity contribution is 6.31. The molecule has 0 saturated carbocycles. The quantitative estimate of drug-likeness (QED) is 0.706. The van der Waals surface area contributed by atoms with Crippen LogP contribution in [-0.2, 0) is 20.9 Å². The van der Waals surface area contributed by atoms with Crippen molar-refractivity contribution in [3.63, 3.8) is 0 Å². The van der Waals surface area contributed by atoms with Gasteiger partial charge in [0.15, 0.2) is 0 Å². The zero-order valence-corrected chi connectivity index (χ0v) is 17.7.